The molecule has 0 aliphatic heterocycles. The fourth-order valence-electron chi connectivity index (χ4n) is 1.16. The zero-order valence-corrected chi connectivity index (χ0v) is 9.04. The largest absolute Gasteiger partial charge is 0.468 e. The molecule has 0 aromatic heterocycles. The molecule has 0 atom stereocenters. The van der Waals surface area contributed by atoms with Crippen molar-refractivity contribution in [2.45, 2.75) is 6.92 Å². The molecular formula is C11H12FNO3. The second-order valence-corrected chi connectivity index (χ2v) is 3.22. The van der Waals surface area contributed by atoms with Crippen LogP contribution in [0.15, 0.2) is 18.2 Å². The predicted octanol–water partition coefficient (Wildman–Crippen LogP) is 1.04. The molecule has 0 aliphatic rings. The molecule has 0 heterocycles. The Morgan fingerprint density at radius 3 is 2.75 bits per heavy atom. The van der Waals surface area contributed by atoms with E-state index in [0.29, 0.717) is 5.56 Å². The third kappa shape index (κ3) is 3.05. The van der Waals surface area contributed by atoms with Gasteiger partial charge in [-0.3, -0.25) is 9.59 Å². The second-order valence-electron chi connectivity index (χ2n) is 3.22. The Morgan fingerprint density at radius 1 is 1.44 bits per heavy atom. The average Bonchev–Trinajstić information content (AvgIpc) is 2.28. The first-order chi connectivity index (χ1) is 7.54. The van der Waals surface area contributed by atoms with E-state index in [2.05, 4.69) is 10.1 Å². The molecule has 4 nitrogen and oxygen atoms in total. The fraction of sp³-hybridized carbons (Fsp3) is 0.273. The van der Waals surface area contributed by atoms with Gasteiger partial charge in [0.05, 0.1) is 7.11 Å². The zero-order valence-electron chi connectivity index (χ0n) is 9.04. The molecule has 0 saturated heterocycles. The van der Waals surface area contributed by atoms with Gasteiger partial charge in [-0.25, -0.2) is 4.39 Å². The Morgan fingerprint density at radius 2 is 2.12 bits per heavy atom. The molecule has 0 fully saturated rings. The number of carbonyl (C=O) groups excluding carboxylic acids is 2. The normalized spacial score (nSPS) is 9.69. The third-order valence-corrected chi connectivity index (χ3v) is 2.07. The highest BCUT2D eigenvalue weighted by atomic mass is 19.1. The first-order valence-electron chi connectivity index (χ1n) is 4.65. The van der Waals surface area contributed by atoms with Crippen LogP contribution in [0, 0.1) is 12.7 Å². The van der Waals surface area contributed by atoms with Crippen molar-refractivity contribution >= 4 is 11.9 Å². The Balaban J connectivity index is 2.73. The van der Waals surface area contributed by atoms with Crippen molar-refractivity contribution in [3.63, 3.8) is 0 Å². The van der Waals surface area contributed by atoms with Crippen molar-refractivity contribution in [3.05, 3.63) is 35.1 Å². The third-order valence-electron chi connectivity index (χ3n) is 2.07. The van der Waals surface area contributed by atoms with Crippen LogP contribution < -0.4 is 5.32 Å². The van der Waals surface area contributed by atoms with E-state index < -0.39 is 17.7 Å². The smallest absolute Gasteiger partial charge is 0.325 e. The summed E-state index contributed by atoms with van der Waals surface area (Å²) >= 11 is 0. The molecule has 0 aliphatic carbocycles. The van der Waals surface area contributed by atoms with Crippen molar-refractivity contribution in [2.24, 2.45) is 0 Å². The maximum atomic E-state index is 12.9. The second kappa shape index (κ2) is 5.25. The highest BCUT2D eigenvalue weighted by Gasteiger charge is 2.11. The van der Waals surface area contributed by atoms with Crippen LogP contribution in [0.1, 0.15) is 15.9 Å². The lowest BCUT2D eigenvalue weighted by molar-refractivity contribution is -0.139. The van der Waals surface area contributed by atoms with E-state index in [1.165, 1.54) is 19.2 Å². The number of hydrogen-bond acceptors (Lipinski definition) is 3. The summed E-state index contributed by atoms with van der Waals surface area (Å²) in [5, 5.41) is 2.34. The van der Waals surface area contributed by atoms with E-state index in [-0.39, 0.29) is 12.1 Å². The standard InChI is InChI=1S/C11H12FNO3/c1-7-3-4-8(12)5-9(7)11(15)13-6-10(14)16-2/h3-5H,6H2,1-2H3,(H,13,15). The summed E-state index contributed by atoms with van der Waals surface area (Å²) in [6.07, 6.45) is 0. The molecule has 0 spiro atoms. The summed E-state index contributed by atoms with van der Waals surface area (Å²) in [4.78, 5) is 22.3. The number of aryl methyl sites for hydroxylation is 1. The minimum Gasteiger partial charge on any atom is -0.468 e. The number of benzene rings is 1. The van der Waals surface area contributed by atoms with Gasteiger partial charge in [0.2, 0.25) is 0 Å². The van der Waals surface area contributed by atoms with Gasteiger partial charge < -0.3 is 10.1 Å². The molecule has 1 aromatic carbocycles. The molecule has 0 bridgehead atoms. The van der Waals surface area contributed by atoms with Crippen LogP contribution in [0.3, 0.4) is 0 Å². The summed E-state index contributed by atoms with van der Waals surface area (Å²) in [5.74, 6) is -1.54. The van der Waals surface area contributed by atoms with Crippen LogP contribution in [-0.2, 0) is 9.53 Å². The zero-order chi connectivity index (χ0) is 12.1. The van der Waals surface area contributed by atoms with Crippen LogP contribution in [0.25, 0.3) is 0 Å². The minimum atomic E-state index is -0.553. The summed E-state index contributed by atoms with van der Waals surface area (Å²) < 4.78 is 17.3. The number of ether oxygens (including phenoxy) is 1. The van der Waals surface area contributed by atoms with Crippen LogP contribution in [0.4, 0.5) is 4.39 Å². The predicted molar refractivity (Wildman–Crippen MR) is 55.5 cm³/mol. The van der Waals surface area contributed by atoms with Crippen LogP contribution in [0.2, 0.25) is 0 Å². The van der Waals surface area contributed by atoms with Crippen LogP contribution >= 0.6 is 0 Å². The molecule has 0 radical (unpaired) electrons. The van der Waals surface area contributed by atoms with Crippen LogP contribution in [-0.4, -0.2) is 25.5 Å². The topological polar surface area (TPSA) is 55.4 Å². The van der Waals surface area contributed by atoms with Crippen molar-refractivity contribution in [2.75, 3.05) is 13.7 Å². The maximum absolute atomic E-state index is 12.9. The van der Waals surface area contributed by atoms with Gasteiger partial charge in [0.1, 0.15) is 12.4 Å². The number of rotatable bonds is 3. The van der Waals surface area contributed by atoms with Crippen molar-refractivity contribution in [1.29, 1.82) is 0 Å². The van der Waals surface area contributed by atoms with Gasteiger partial charge in [-0.05, 0) is 24.6 Å². The molecule has 16 heavy (non-hydrogen) atoms. The van der Waals surface area contributed by atoms with E-state index in [4.69, 9.17) is 0 Å². The van der Waals surface area contributed by atoms with E-state index in [1.54, 1.807) is 6.92 Å². The highest BCUT2D eigenvalue weighted by molar-refractivity contribution is 5.97. The lowest BCUT2D eigenvalue weighted by Crippen LogP contribution is -2.30. The number of amides is 1. The number of methoxy groups -OCH3 is 1. The van der Waals surface area contributed by atoms with E-state index in [0.717, 1.165) is 6.07 Å². The van der Waals surface area contributed by atoms with Gasteiger partial charge in [0, 0.05) is 5.56 Å². The number of halogens is 1. The fourth-order valence-corrected chi connectivity index (χ4v) is 1.16. The summed E-state index contributed by atoms with van der Waals surface area (Å²) in [6.45, 7) is 1.46. The van der Waals surface area contributed by atoms with Gasteiger partial charge in [-0.1, -0.05) is 6.07 Å². The molecular weight excluding hydrogens is 213 g/mol. The van der Waals surface area contributed by atoms with Crippen molar-refractivity contribution in [1.82, 2.24) is 5.32 Å². The monoisotopic (exact) mass is 225 g/mol. The van der Waals surface area contributed by atoms with Gasteiger partial charge in [0.25, 0.3) is 5.91 Å². The molecule has 5 heteroatoms. The Labute approximate surface area is 92.4 Å². The van der Waals surface area contributed by atoms with E-state index >= 15 is 0 Å². The van der Waals surface area contributed by atoms with Gasteiger partial charge in [0.15, 0.2) is 0 Å². The average molecular weight is 225 g/mol. The molecule has 1 aromatic rings. The van der Waals surface area contributed by atoms with Crippen molar-refractivity contribution in [3.8, 4) is 0 Å². The molecule has 0 unspecified atom stereocenters. The molecule has 0 saturated carbocycles. The van der Waals surface area contributed by atoms with Crippen molar-refractivity contribution < 1.29 is 18.7 Å². The number of nitrogens with one attached hydrogen (secondary N) is 1. The summed E-state index contributed by atoms with van der Waals surface area (Å²) in [7, 11) is 1.22. The number of hydrogen-bond donors (Lipinski definition) is 1. The molecule has 1 rings (SSSR count). The SMILES string of the molecule is COC(=O)CNC(=O)c1cc(F)ccc1C. The first kappa shape index (κ1) is 12.2. The Bertz CT molecular complexity index is 418. The van der Waals surface area contributed by atoms with Gasteiger partial charge >= 0.3 is 5.97 Å². The van der Waals surface area contributed by atoms with Gasteiger partial charge in [-0.15, -0.1) is 0 Å². The molecule has 1 amide bonds. The van der Waals surface area contributed by atoms with E-state index in [1.807, 2.05) is 0 Å². The van der Waals surface area contributed by atoms with E-state index in [9.17, 15) is 14.0 Å². The van der Waals surface area contributed by atoms with Crippen LogP contribution in [0.5, 0.6) is 0 Å². The molecule has 86 valence electrons. The van der Waals surface area contributed by atoms with Gasteiger partial charge in [-0.2, -0.15) is 0 Å². The maximum Gasteiger partial charge on any atom is 0.325 e. The molecule has 1 N–H and O–H groups in total. The quantitative estimate of drug-likeness (QED) is 0.782. The lowest BCUT2D eigenvalue weighted by atomic mass is 10.1. The number of carbonyl (C=O) groups is 2. The Hall–Kier alpha value is -1.91. The highest BCUT2D eigenvalue weighted by Crippen LogP contribution is 2.09. The Kier molecular flexibility index (Phi) is 3.99. The number of esters is 1. The summed E-state index contributed by atoms with van der Waals surface area (Å²) in [5.41, 5.74) is 0.854. The summed E-state index contributed by atoms with van der Waals surface area (Å²) in [6, 6.07) is 3.90. The first-order valence-corrected chi connectivity index (χ1v) is 4.65. The minimum absolute atomic E-state index is 0.212. The lowest BCUT2D eigenvalue weighted by Gasteiger charge is -2.06.